The Balaban J connectivity index is 2.06. The Morgan fingerprint density at radius 3 is 2.62 bits per heavy atom. The number of hydrogen-bond acceptors (Lipinski definition) is 5. The zero-order valence-electron chi connectivity index (χ0n) is 12.4. The van der Waals surface area contributed by atoms with E-state index in [1.54, 1.807) is 12.1 Å². The van der Waals surface area contributed by atoms with Gasteiger partial charge in [0.2, 0.25) is 0 Å². The number of hydrogen-bond donors (Lipinski definition) is 1. The number of benzene rings is 1. The minimum Gasteiger partial charge on any atom is -0.469 e. The van der Waals surface area contributed by atoms with Crippen LogP contribution in [0.15, 0.2) is 24.3 Å². The Morgan fingerprint density at radius 2 is 2.14 bits per heavy atom. The minimum atomic E-state index is -0.258. The largest absolute Gasteiger partial charge is 0.469 e. The van der Waals surface area contributed by atoms with Crippen LogP contribution >= 0.6 is 0 Å². The number of esters is 1. The van der Waals surface area contributed by atoms with Gasteiger partial charge in [0.15, 0.2) is 0 Å². The molecule has 1 saturated heterocycles. The topological polar surface area (TPSA) is 71.3 Å². The summed E-state index contributed by atoms with van der Waals surface area (Å²) in [6, 6.07) is 9.23. The summed E-state index contributed by atoms with van der Waals surface area (Å²) in [6.45, 7) is 4.39. The number of carbonyl (C=O) groups excluding carboxylic acids is 1. The van der Waals surface area contributed by atoms with Crippen molar-refractivity contribution in [1.82, 2.24) is 5.32 Å². The maximum Gasteiger partial charge on any atom is 0.307 e. The number of rotatable bonds is 6. The van der Waals surface area contributed by atoms with E-state index in [1.807, 2.05) is 12.1 Å². The molecule has 0 bridgehead atoms. The van der Waals surface area contributed by atoms with Gasteiger partial charge in [0, 0.05) is 18.0 Å². The molecule has 0 radical (unpaired) electrons. The highest BCUT2D eigenvalue weighted by Gasteiger charge is 2.34. The molecule has 1 fully saturated rings. The van der Waals surface area contributed by atoms with Gasteiger partial charge in [0.1, 0.15) is 0 Å². The Bertz CT molecular complexity index is 529. The van der Waals surface area contributed by atoms with E-state index < -0.39 is 0 Å². The maximum absolute atomic E-state index is 11.6. The molecule has 21 heavy (non-hydrogen) atoms. The van der Waals surface area contributed by atoms with Crippen LogP contribution in [0.4, 0.5) is 0 Å². The molecule has 1 aliphatic rings. The van der Waals surface area contributed by atoms with E-state index in [0.29, 0.717) is 5.56 Å². The van der Waals surface area contributed by atoms with Gasteiger partial charge in [-0.2, -0.15) is 5.26 Å². The summed E-state index contributed by atoms with van der Waals surface area (Å²) >= 11 is 0. The van der Waals surface area contributed by atoms with Crippen LogP contribution < -0.4 is 5.32 Å². The van der Waals surface area contributed by atoms with E-state index in [0.717, 1.165) is 25.3 Å². The van der Waals surface area contributed by atoms with Crippen molar-refractivity contribution in [3.63, 3.8) is 0 Å². The molecule has 1 N–H and O–H groups in total. The third kappa shape index (κ3) is 4.03. The monoisotopic (exact) mass is 288 g/mol. The van der Waals surface area contributed by atoms with Crippen molar-refractivity contribution in [2.75, 3.05) is 26.9 Å². The van der Waals surface area contributed by atoms with Crippen LogP contribution in [0.5, 0.6) is 0 Å². The molecule has 1 heterocycles. The SMILES string of the molecule is COC(=O)C[C@@H](NCC1(C)COC1)c1ccc(C#N)cc1. The van der Waals surface area contributed by atoms with Crippen molar-refractivity contribution >= 4 is 5.97 Å². The smallest absolute Gasteiger partial charge is 0.307 e. The molecular weight excluding hydrogens is 268 g/mol. The summed E-state index contributed by atoms with van der Waals surface area (Å²) in [5.74, 6) is -0.258. The quantitative estimate of drug-likeness (QED) is 0.808. The average molecular weight is 288 g/mol. The van der Waals surface area contributed by atoms with E-state index in [4.69, 9.17) is 14.7 Å². The first-order valence-electron chi connectivity index (χ1n) is 6.94. The second kappa shape index (κ2) is 6.70. The fourth-order valence-electron chi connectivity index (χ4n) is 2.27. The molecule has 0 unspecified atom stereocenters. The molecule has 0 aromatic heterocycles. The lowest BCUT2D eigenvalue weighted by Gasteiger charge is -2.39. The van der Waals surface area contributed by atoms with Crippen LogP contribution in [0.1, 0.15) is 30.5 Å². The number of ether oxygens (including phenoxy) is 2. The third-order valence-corrected chi connectivity index (χ3v) is 3.72. The van der Waals surface area contributed by atoms with Crippen molar-refractivity contribution in [2.24, 2.45) is 5.41 Å². The van der Waals surface area contributed by atoms with Crippen LogP contribution in [-0.4, -0.2) is 32.8 Å². The molecule has 0 spiro atoms. The lowest BCUT2D eigenvalue weighted by molar-refractivity contribution is -0.141. The second-order valence-electron chi connectivity index (χ2n) is 5.75. The molecule has 1 aromatic rings. The van der Waals surface area contributed by atoms with Gasteiger partial charge in [-0.15, -0.1) is 0 Å². The van der Waals surface area contributed by atoms with Crippen molar-refractivity contribution in [1.29, 1.82) is 5.26 Å². The first-order valence-corrected chi connectivity index (χ1v) is 6.94. The molecule has 0 saturated carbocycles. The Morgan fingerprint density at radius 1 is 1.48 bits per heavy atom. The molecule has 5 heteroatoms. The van der Waals surface area contributed by atoms with Gasteiger partial charge in [-0.25, -0.2) is 0 Å². The molecular formula is C16H20N2O3. The summed E-state index contributed by atoms with van der Waals surface area (Å²) in [7, 11) is 1.39. The highest BCUT2D eigenvalue weighted by Crippen LogP contribution is 2.27. The number of methoxy groups -OCH3 is 1. The highest BCUT2D eigenvalue weighted by atomic mass is 16.5. The van der Waals surface area contributed by atoms with Gasteiger partial charge < -0.3 is 14.8 Å². The first kappa shape index (κ1) is 15.5. The van der Waals surface area contributed by atoms with Gasteiger partial charge in [0.25, 0.3) is 0 Å². The van der Waals surface area contributed by atoms with Gasteiger partial charge >= 0.3 is 5.97 Å². The summed E-state index contributed by atoms with van der Waals surface area (Å²) in [4.78, 5) is 11.6. The molecule has 2 rings (SSSR count). The predicted molar refractivity (Wildman–Crippen MR) is 77.5 cm³/mol. The number of nitriles is 1. The normalized spacial score (nSPS) is 17.4. The van der Waals surface area contributed by atoms with Crippen LogP contribution in [0, 0.1) is 16.7 Å². The molecule has 0 amide bonds. The Kier molecular flexibility index (Phi) is 4.94. The average Bonchev–Trinajstić information content (AvgIpc) is 2.49. The van der Waals surface area contributed by atoms with Gasteiger partial charge in [-0.3, -0.25) is 4.79 Å². The Hall–Kier alpha value is -1.90. The number of nitrogens with one attached hydrogen (secondary N) is 1. The van der Waals surface area contributed by atoms with Crippen LogP contribution in [-0.2, 0) is 14.3 Å². The minimum absolute atomic E-state index is 0.123. The predicted octanol–water partition coefficient (Wildman–Crippen LogP) is 1.79. The van der Waals surface area contributed by atoms with Gasteiger partial charge in [-0.05, 0) is 17.7 Å². The Labute approximate surface area is 124 Å². The zero-order chi connectivity index (χ0) is 15.3. The van der Waals surface area contributed by atoms with Crippen LogP contribution in [0.3, 0.4) is 0 Å². The molecule has 1 aliphatic heterocycles. The summed E-state index contributed by atoms with van der Waals surface area (Å²) in [6.07, 6.45) is 0.263. The highest BCUT2D eigenvalue weighted by molar-refractivity contribution is 5.70. The molecule has 0 aliphatic carbocycles. The lowest BCUT2D eigenvalue weighted by atomic mass is 9.88. The van der Waals surface area contributed by atoms with Crippen molar-refractivity contribution in [3.05, 3.63) is 35.4 Å². The van der Waals surface area contributed by atoms with E-state index in [9.17, 15) is 4.79 Å². The fraction of sp³-hybridized carbons (Fsp3) is 0.500. The zero-order valence-corrected chi connectivity index (χ0v) is 12.4. The molecule has 1 aromatic carbocycles. The maximum atomic E-state index is 11.6. The van der Waals surface area contributed by atoms with Crippen LogP contribution in [0.25, 0.3) is 0 Å². The van der Waals surface area contributed by atoms with Crippen molar-refractivity contribution in [3.8, 4) is 6.07 Å². The number of carbonyl (C=O) groups is 1. The molecule has 5 nitrogen and oxygen atoms in total. The lowest BCUT2D eigenvalue weighted by Crippen LogP contribution is -2.48. The van der Waals surface area contributed by atoms with Gasteiger partial charge in [0.05, 0.1) is 38.4 Å². The summed E-state index contributed by atoms with van der Waals surface area (Å²) in [5.41, 5.74) is 1.71. The van der Waals surface area contributed by atoms with E-state index >= 15 is 0 Å². The van der Waals surface area contributed by atoms with E-state index in [-0.39, 0.29) is 23.8 Å². The van der Waals surface area contributed by atoms with Gasteiger partial charge in [-0.1, -0.05) is 19.1 Å². The standard InChI is InChI=1S/C16H20N2O3/c1-16(10-21-11-16)9-18-14(7-15(19)20-2)13-5-3-12(8-17)4-6-13/h3-6,14,18H,7,9-11H2,1-2H3/t14-/m1/s1. The number of nitrogens with zero attached hydrogens (tertiary/aromatic N) is 1. The molecule has 112 valence electrons. The third-order valence-electron chi connectivity index (χ3n) is 3.72. The van der Waals surface area contributed by atoms with Crippen molar-refractivity contribution in [2.45, 2.75) is 19.4 Å². The fourth-order valence-corrected chi connectivity index (χ4v) is 2.27. The molecule has 1 atom stereocenters. The van der Waals surface area contributed by atoms with E-state index in [1.165, 1.54) is 7.11 Å². The van der Waals surface area contributed by atoms with Crippen LogP contribution in [0.2, 0.25) is 0 Å². The summed E-state index contributed by atoms with van der Waals surface area (Å²) in [5, 5.41) is 12.3. The summed E-state index contributed by atoms with van der Waals surface area (Å²) < 4.78 is 10.0. The van der Waals surface area contributed by atoms with E-state index in [2.05, 4.69) is 18.3 Å². The second-order valence-corrected chi connectivity index (χ2v) is 5.75. The van der Waals surface area contributed by atoms with Crippen molar-refractivity contribution < 1.29 is 14.3 Å². The first-order chi connectivity index (χ1) is 10.1.